The first-order valence-corrected chi connectivity index (χ1v) is 12.0. The molecular formula is C24H24N6O4S. The molecule has 180 valence electrons. The number of fused-ring (bicyclic) bond motifs is 1. The SMILES string of the molecule is COCCn1cc(C2CC2)cc(Nc2nc3cnc(Oc4ccnc(NC(C)=O)c4)cc3s2)c1=O. The zero-order valence-corrected chi connectivity index (χ0v) is 20.1. The number of aromatic nitrogens is 4. The molecule has 10 nitrogen and oxygen atoms in total. The van der Waals surface area contributed by atoms with Crippen LogP contribution in [0.25, 0.3) is 10.2 Å². The molecule has 1 aliphatic carbocycles. The second-order valence-electron chi connectivity index (χ2n) is 8.25. The van der Waals surface area contributed by atoms with Gasteiger partial charge in [0.2, 0.25) is 11.8 Å². The Morgan fingerprint density at radius 2 is 2.11 bits per heavy atom. The summed E-state index contributed by atoms with van der Waals surface area (Å²) in [5.41, 5.74) is 2.23. The fourth-order valence-corrected chi connectivity index (χ4v) is 4.50. The van der Waals surface area contributed by atoms with Crippen LogP contribution in [0.2, 0.25) is 0 Å². The predicted molar refractivity (Wildman–Crippen MR) is 134 cm³/mol. The number of nitrogens with zero attached hydrogens (tertiary/aromatic N) is 4. The zero-order valence-electron chi connectivity index (χ0n) is 19.3. The molecule has 0 bridgehead atoms. The third kappa shape index (κ3) is 5.47. The van der Waals surface area contributed by atoms with Crippen molar-refractivity contribution < 1.29 is 14.3 Å². The highest BCUT2D eigenvalue weighted by atomic mass is 32.1. The van der Waals surface area contributed by atoms with Crippen LogP contribution < -0.4 is 20.9 Å². The molecular weight excluding hydrogens is 468 g/mol. The first-order chi connectivity index (χ1) is 17.0. The third-order valence-corrected chi connectivity index (χ3v) is 6.38. The smallest absolute Gasteiger partial charge is 0.274 e. The van der Waals surface area contributed by atoms with Crippen LogP contribution >= 0.6 is 11.3 Å². The average molecular weight is 493 g/mol. The van der Waals surface area contributed by atoms with Crippen LogP contribution in [0.15, 0.2) is 47.7 Å². The number of ether oxygens (including phenoxy) is 2. The molecule has 11 heteroatoms. The highest BCUT2D eigenvalue weighted by molar-refractivity contribution is 7.22. The summed E-state index contributed by atoms with van der Waals surface area (Å²) >= 11 is 1.41. The number of thiazole rings is 1. The van der Waals surface area contributed by atoms with Crippen molar-refractivity contribution in [3.63, 3.8) is 0 Å². The van der Waals surface area contributed by atoms with Gasteiger partial charge in [-0.25, -0.2) is 15.0 Å². The van der Waals surface area contributed by atoms with E-state index in [0.717, 1.165) is 23.1 Å². The van der Waals surface area contributed by atoms with Crippen molar-refractivity contribution in [1.82, 2.24) is 19.5 Å². The Morgan fingerprint density at radius 3 is 2.89 bits per heavy atom. The van der Waals surface area contributed by atoms with Crippen LogP contribution in [0, 0.1) is 0 Å². The van der Waals surface area contributed by atoms with E-state index in [0.29, 0.717) is 52.9 Å². The summed E-state index contributed by atoms with van der Waals surface area (Å²) in [6, 6.07) is 7.01. The number of amides is 1. The molecule has 0 saturated heterocycles. The first kappa shape index (κ1) is 22.9. The molecule has 0 aliphatic heterocycles. The van der Waals surface area contributed by atoms with Crippen molar-refractivity contribution in [2.75, 3.05) is 24.4 Å². The van der Waals surface area contributed by atoms with Crippen LogP contribution in [0.3, 0.4) is 0 Å². The van der Waals surface area contributed by atoms with Gasteiger partial charge in [0.15, 0.2) is 5.13 Å². The average Bonchev–Trinajstić information content (AvgIpc) is 3.59. The molecule has 4 heterocycles. The Labute approximate surface area is 205 Å². The fourth-order valence-electron chi connectivity index (χ4n) is 3.63. The molecule has 1 fully saturated rings. The van der Waals surface area contributed by atoms with Crippen LogP contribution in [-0.2, 0) is 16.1 Å². The molecule has 0 radical (unpaired) electrons. The van der Waals surface area contributed by atoms with E-state index in [1.54, 1.807) is 42.3 Å². The topological polar surface area (TPSA) is 120 Å². The lowest BCUT2D eigenvalue weighted by atomic mass is 10.2. The van der Waals surface area contributed by atoms with Gasteiger partial charge in [0.1, 0.15) is 22.8 Å². The molecule has 0 unspecified atom stereocenters. The van der Waals surface area contributed by atoms with Gasteiger partial charge in [-0.2, -0.15) is 0 Å². The van der Waals surface area contributed by atoms with E-state index < -0.39 is 0 Å². The maximum absolute atomic E-state index is 13.0. The highest BCUT2D eigenvalue weighted by Gasteiger charge is 2.25. The predicted octanol–water partition coefficient (Wildman–Crippen LogP) is 4.27. The molecule has 4 aromatic heterocycles. The molecule has 4 aromatic rings. The third-order valence-electron chi connectivity index (χ3n) is 5.44. The van der Waals surface area contributed by atoms with Gasteiger partial charge >= 0.3 is 0 Å². The highest BCUT2D eigenvalue weighted by Crippen LogP contribution is 2.40. The zero-order chi connectivity index (χ0) is 24.4. The van der Waals surface area contributed by atoms with Crippen molar-refractivity contribution in [3.8, 4) is 11.6 Å². The summed E-state index contributed by atoms with van der Waals surface area (Å²) in [6.07, 6.45) is 7.39. The van der Waals surface area contributed by atoms with Gasteiger partial charge in [-0.1, -0.05) is 11.3 Å². The largest absolute Gasteiger partial charge is 0.439 e. The Bertz CT molecular complexity index is 1450. The van der Waals surface area contributed by atoms with E-state index in [1.165, 1.54) is 18.3 Å². The van der Waals surface area contributed by atoms with Gasteiger partial charge < -0.3 is 24.7 Å². The Morgan fingerprint density at radius 1 is 1.26 bits per heavy atom. The Balaban J connectivity index is 1.38. The molecule has 5 rings (SSSR count). The van der Waals surface area contributed by atoms with Gasteiger partial charge in [-0.15, -0.1) is 0 Å². The number of hydrogen-bond acceptors (Lipinski definition) is 9. The van der Waals surface area contributed by atoms with E-state index in [2.05, 4.69) is 25.6 Å². The summed E-state index contributed by atoms with van der Waals surface area (Å²) in [5.74, 6) is 1.55. The molecule has 0 aromatic carbocycles. The molecule has 1 aliphatic rings. The van der Waals surface area contributed by atoms with Crippen LogP contribution in [0.5, 0.6) is 11.6 Å². The van der Waals surface area contributed by atoms with Gasteiger partial charge in [-0.05, 0) is 36.5 Å². The Kier molecular flexibility index (Phi) is 6.43. The maximum Gasteiger partial charge on any atom is 0.274 e. The van der Waals surface area contributed by atoms with Crippen LogP contribution in [0.1, 0.15) is 31.2 Å². The van der Waals surface area contributed by atoms with Gasteiger partial charge in [0.25, 0.3) is 5.56 Å². The maximum atomic E-state index is 13.0. The van der Waals surface area contributed by atoms with Crippen LogP contribution in [-0.4, -0.2) is 39.1 Å². The van der Waals surface area contributed by atoms with E-state index in [-0.39, 0.29) is 11.5 Å². The van der Waals surface area contributed by atoms with Gasteiger partial charge in [0, 0.05) is 45.1 Å². The van der Waals surface area contributed by atoms with E-state index in [4.69, 9.17) is 9.47 Å². The monoisotopic (exact) mass is 492 g/mol. The first-order valence-electron chi connectivity index (χ1n) is 11.2. The lowest BCUT2D eigenvalue weighted by Gasteiger charge is -2.11. The summed E-state index contributed by atoms with van der Waals surface area (Å²) in [6.45, 7) is 2.37. The summed E-state index contributed by atoms with van der Waals surface area (Å²) in [5, 5.41) is 6.43. The lowest BCUT2D eigenvalue weighted by Crippen LogP contribution is -2.24. The number of nitrogens with one attached hydrogen (secondary N) is 2. The number of rotatable bonds is 9. The Hall–Kier alpha value is -3.83. The number of methoxy groups -OCH3 is 1. The van der Waals surface area contributed by atoms with E-state index >= 15 is 0 Å². The minimum Gasteiger partial charge on any atom is -0.439 e. The fraction of sp³-hybridized carbons (Fsp3) is 0.292. The van der Waals surface area contributed by atoms with Gasteiger partial charge in [0.05, 0.1) is 17.5 Å². The number of carbonyl (C=O) groups excluding carboxylic acids is 1. The number of pyridine rings is 3. The quantitative estimate of drug-likeness (QED) is 0.355. The van der Waals surface area contributed by atoms with Crippen molar-refractivity contribution in [1.29, 1.82) is 0 Å². The number of carbonyl (C=O) groups is 1. The van der Waals surface area contributed by atoms with Crippen molar-refractivity contribution in [2.24, 2.45) is 0 Å². The standard InChI is InChI=1S/C24H24N6O4S/c1-14(31)27-21-10-17(5-6-25-21)34-22-11-20-19(12-26-22)29-24(35-20)28-18-9-16(15-3-4-15)13-30(23(18)32)7-8-33-2/h5-6,9-13,15H,3-4,7-8H2,1-2H3,(H,28,29)(H,25,27,31). The molecule has 0 spiro atoms. The molecule has 2 N–H and O–H groups in total. The van der Waals surface area contributed by atoms with Crippen molar-refractivity contribution in [3.05, 3.63) is 58.8 Å². The summed E-state index contributed by atoms with van der Waals surface area (Å²) < 4.78 is 13.6. The van der Waals surface area contributed by atoms with E-state index in [9.17, 15) is 9.59 Å². The van der Waals surface area contributed by atoms with Crippen LogP contribution in [0.4, 0.5) is 16.6 Å². The van der Waals surface area contributed by atoms with Crippen molar-refractivity contribution in [2.45, 2.75) is 32.2 Å². The number of hydrogen-bond donors (Lipinski definition) is 2. The minimum absolute atomic E-state index is 0.111. The number of anilines is 3. The second kappa shape index (κ2) is 9.80. The molecule has 0 atom stereocenters. The van der Waals surface area contributed by atoms with Gasteiger partial charge in [-0.3, -0.25) is 9.59 Å². The van der Waals surface area contributed by atoms with E-state index in [1.807, 2.05) is 12.3 Å². The minimum atomic E-state index is -0.216. The second-order valence-corrected chi connectivity index (χ2v) is 9.28. The van der Waals surface area contributed by atoms with Crippen molar-refractivity contribution >= 4 is 44.1 Å². The summed E-state index contributed by atoms with van der Waals surface area (Å²) in [7, 11) is 1.62. The molecule has 35 heavy (non-hydrogen) atoms. The molecule has 1 saturated carbocycles. The summed E-state index contributed by atoms with van der Waals surface area (Å²) in [4.78, 5) is 37.3. The molecule has 1 amide bonds. The lowest BCUT2D eigenvalue weighted by molar-refractivity contribution is -0.114. The normalized spacial score (nSPS) is 13.1.